The predicted molar refractivity (Wildman–Crippen MR) is 57.7 cm³/mol. The van der Waals surface area contributed by atoms with Crippen molar-refractivity contribution in [3.05, 3.63) is 52.2 Å². The lowest BCUT2D eigenvalue weighted by atomic mass is 10.0. The fraction of sp³-hybridized carbons (Fsp3) is 0.100. The molecular weight excluding hydrogens is 213 g/mol. The second kappa shape index (κ2) is 4.48. The first-order chi connectivity index (χ1) is 7.33. The van der Waals surface area contributed by atoms with Gasteiger partial charge < -0.3 is 0 Å². The average Bonchev–Trinajstić information content (AvgIpc) is 2.75. The molecule has 0 radical (unpaired) electrons. The van der Waals surface area contributed by atoms with Gasteiger partial charge in [0.2, 0.25) is 0 Å². The Kier molecular flexibility index (Phi) is 3.05. The molecule has 0 fully saturated rings. The van der Waals surface area contributed by atoms with Gasteiger partial charge in [-0.15, -0.1) is 11.3 Å². The Morgan fingerprint density at radius 1 is 1.40 bits per heavy atom. The second-order valence-electron chi connectivity index (χ2n) is 3.03. The molecule has 78 valence electrons. The zero-order chi connectivity index (χ0) is 10.7. The molecule has 0 bridgehead atoms. The zero-order valence-electron chi connectivity index (χ0n) is 7.85. The molecule has 1 heterocycles. The van der Waals surface area contributed by atoms with E-state index in [1.807, 2.05) is 5.38 Å². The monoisotopic (exact) mass is 223 g/mol. The molecule has 2 aromatic rings. The molecule has 1 aromatic heterocycles. The molecule has 0 aliphatic heterocycles. The fourth-order valence-electron chi connectivity index (χ4n) is 1.41. The van der Waals surface area contributed by atoms with Gasteiger partial charge in [0.1, 0.15) is 5.82 Å². The Morgan fingerprint density at radius 2 is 2.20 bits per heavy atom. The van der Waals surface area contributed by atoms with E-state index in [4.69, 9.17) is 5.84 Å². The van der Waals surface area contributed by atoms with Crippen LogP contribution in [0.15, 0.2) is 35.2 Å². The van der Waals surface area contributed by atoms with Crippen molar-refractivity contribution in [2.75, 3.05) is 0 Å². The Bertz CT molecular complexity index is 430. The van der Waals surface area contributed by atoms with Gasteiger partial charge in [-0.25, -0.2) is 14.8 Å². The smallest absolute Gasteiger partial charge is 0.128 e. The topological polar surface area (TPSA) is 50.9 Å². The lowest BCUT2D eigenvalue weighted by Crippen LogP contribution is -2.29. The van der Waals surface area contributed by atoms with E-state index in [1.54, 1.807) is 23.7 Å². The van der Waals surface area contributed by atoms with Gasteiger partial charge in [0.25, 0.3) is 0 Å². The van der Waals surface area contributed by atoms with E-state index >= 15 is 0 Å². The summed E-state index contributed by atoms with van der Waals surface area (Å²) in [6, 6.07) is 6.13. The predicted octanol–water partition coefficient (Wildman–Crippen LogP) is 1.83. The minimum Gasteiger partial charge on any atom is -0.271 e. The molecule has 0 aliphatic rings. The minimum absolute atomic E-state index is 0.284. The van der Waals surface area contributed by atoms with Crippen LogP contribution in [-0.2, 0) is 0 Å². The summed E-state index contributed by atoms with van der Waals surface area (Å²) in [5, 5.41) is 1.84. The number of nitrogens with zero attached hydrogens (tertiary/aromatic N) is 1. The van der Waals surface area contributed by atoms with Crippen molar-refractivity contribution in [3.8, 4) is 0 Å². The quantitative estimate of drug-likeness (QED) is 0.616. The fourth-order valence-corrected chi connectivity index (χ4v) is 1.99. The van der Waals surface area contributed by atoms with Gasteiger partial charge in [-0.05, 0) is 6.07 Å². The molecule has 15 heavy (non-hydrogen) atoms. The second-order valence-corrected chi connectivity index (χ2v) is 3.75. The summed E-state index contributed by atoms with van der Waals surface area (Å²) in [5.41, 5.74) is 5.50. The first kappa shape index (κ1) is 10.2. The lowest BCUT2D eigenvalue weighted by Gasteiger charge is -2.14. The molecule has 0 spiro atoms. The summed E-state index contributed by atoms with van der Waals surface area (Å²) in [6.07, 6.45) is 0. The standard InChI is InChI=1S/C10H10FN3S/c11-8-4-2-1-3-7(8)10(14-12)9-5-15-6-13-9/h1-6,10,14H,12H2. The molecule has 1 aromatic carbocycles. The van der Waals surface area contributed by atoms with Crippen LogP contribution in [0.4, 0.5) is 4.39 Å². The molecule has 0 saturated carbocycles. The van der Waals surface area contributed by atoms with Crippen molar-refractivity contribution in [2.24, 2.45) is 5.84 Å². The van der Waals surface area contributed by atoms with E-state index in [-0.39, 0.29) is 5.82 Å². The number of aromatic nitrogens is 1. The number of benzene rings is 1. The van der Waals surface area contributed by atoms with Gasteiger partial charge in [0.05, 0.1) is 17.2 Å². The van der Waals surface area contributed by atoms with Gasteiger partial charge in [-0.2, -0.15) is 0 Å². The maximum absolute atomic E-state index is 13.5. The molecule has 5 heteroatoms. The van der Waals surface area contributed by atoms with Crippen molar-refractivity contribution >= 4 is 11.3 Å². The van der Waals surface area contributed by atoms with Gasteiger partial charge in [-0.1, -0.05) is 18.2 Å². The largest absolute Gasteiger partial charge is 0.271 e. The zero-order valence-corrected chi connectivity index (χ0v) is 8.67. The van der Waals surface area contributed by atoms with Crippen molar-refractivity contribution < 1.29 is 4.39 Å². The number of rotatable bonds is 3. The highest BCUT2D eigenvalue weighted by atomic mass is 32.1. The molecule has 1 unspecified atom stereocenters. The molecule has 1 atom stereocenters. The van der Waals surface area contributed by atoms with Gasteiger partial charge in [-0.3, -0.25) is 5.84 Å². The lowest BCUT2D eigenvalue weighted by molar-refractivity contribution is 0.554. The summed E-state index contributed by atoms with van der Waals surface area (Å²) in [5.74, 6) is 5.13. The van der Waals surface area contributed by atoms with E-state index in [9.17, 15) is 4.39 Å². The van der Waals surface area contributed by atoms with Crippen molar-refractivity contribution in [1.82, 2.24) is 10.4 Å². The average molecular weight is 223 g/mol. The summed E-state index contributed by atoms with van der Waals surface area (Å²) in [7, 11) is 0. The minimum atomic E-state index is -0.391. The number of hydrogen-bond acceptors (Lipinski definition) is 4. The van der Waals surface area contributed by atoms with Gasteiger partial charge in [0, 0.05) is 10.9 Å². The van der Waals surface area contributed by atoms with E-state index < -0.39 is 6.04 Å². The van der Waals surface area contributed by atoms with Crippen molar-refractivity contribution in [1.29, 1.82) is 0 Å². The van der Waals surface area contributed by atoms with E-state index in [1.165, 1.54) is 17.4 Å². The Balaban J connectivity index is 2.40. The molecular formula is C10H10FN3S. The van der Waals surface area contributed by atoms with Crippen molar-refractivity contribution in [3.63, 3.8) is 0 Å². The normalized spacial score (nSPS) is 12.7. The third-order valence-corrected chi connectivity index (χ3v) is 2.73. The van der Waals surface area contributed by atoms with E-state index in [0.717, 1.165) is 5.69 Å². The molecule has 2 rings (SSSR count). The molecule has 3 N–H and O–H groups in total. The summed E-state index contributed by atoms with van der Waals surface area (Å²) in [4.78, 5) is 4.11. The van der Waals surface area contributed by atoms with Gasteiger partial charge in [0.15, 0.2) is 0 Å². The first-order valence-corrected chi connectivity index (χ1v) is 5.36. The number of halogens is 1. The maximum Gasteiger partial charge on any atom is 0.128 e. The third-order valence-electron chi connectivity index (χ3n) is 2.13. The maximum atomic E-state index is 13.5. The summed E-state index contributed by atoms with van der Waals surface area (Å²) >= 11 is 1.45. The first-order valence-electron chi connectivity index (χ1n) is 4.41. The van der Waals surface area contributed by atoms with Crippen LogP contribution in [0.5, 0.6) is 0 Å². The Morgan fingerprint density at radius 3 is 2.80 bits per heavy atom. The van der Waals surface area contributed by atoms with Crippen LogP contribution in [0.3, 0.4) is 0 Å². The van der Waals surface area contributed by atoms with Crippen LogP contribution < -0.4 is 11.3 Å². The number of nitrogens with two attached hydrogens (primary N) is 1. The molecule has 3 nitrogen and oxygen atoms in total. The summed E-state index contributed by atoms with van der Waals surface area (Å²) < 4.78 is 13.5. The number of hydrazine groups is 1. The van der Waals surface area contributed by atoms with Crippen LogP contribution in [0.2, 0.25) is 0 Å². The highest BCUT2D eigenvalue weighted by Crippen LogP contribution is 2.23. The van der Waals surface area contributed by atoms with E-state index in [0.29, 0.717) is 5.56 Å². The Labute approximate surface area is 90.7 Å². The van der Waals surface area contributed by atoms with Crippen LogP contribution in [0.25, 0.3) is 0 Å². The van der Waals surface area contributed by atoms with E-state index in [2.05, 4.69) is 10.4 Å². The summed E-state index contributed by atoms with van der Waals surface area (Å²) in [6.45, 7) is 0. The van der Waals surface area contributed by atoms with Crippen molar-refractivity contribution in [2.45, 2.75) is 6.04 Å². The number of nitrogens with one attached hydrogen (secondary N) is 1. The number of thiazole rings is 1. The highest BCUT2D eigenvalue weighted by Gasteiger charge is 2.17. The Hall–Kier alpha value is -1.30. The number of hydrogen-bond donors (Lipinski definition) is 2. The van der Waals surface area contributed by atoms with Crippen LogP contribution in [0.1, 0.15) is 17.3 Å². The molecule has 0 aliphatic carbocycles. The van der Waals surface area contributed by atoms with Crippen LogP contribution in [-0.4, -0.2) is 4.98 Å². The van der Waals surface area contributed by atoms with Crippen LogP contribution in [0, 0.1) is 5.82 Å². The van der Waals surface area contributed by atoms with Gasteiger partial charge >= 0.3 is 0 Å². The molecule has 0 saturated heterocycles. The highest BCUT2D eigenvalue weighted by molar-refractivity contribution is 7.07. The SMILES string of the molecule is NNC(c1cscn1)c1ccccc1F. The molecule has 0 amide bonds. The van der Waals surface area contributed by atoms with Crippen LogP contribution >= 0.6 is 11.3 Å². The third kappa shape index (κ3) is 2.04.